The average Bonchev–Trinajstić information content (AvgIpc) is 2.35. The van der Waals surface area contributed by atoms with E-state index in [1.54, 1.807) is 33.1 Å². The Hall–Kier alpha value is -0.950. The molecular weight excluding hydrogens is 276 g/mol. The fourth-order valence-corrected chi connectivity index (χ4v) is 3.32. The summed E-state index contributed by atoms with van der Waals surface area (Å²) in [6.45, 7) is 4.75. The summed E-state index contributed by atoms with van der Waals surface area (Å²) < 4.78 is 32.2. The molecule has 114 valence electrons. The Morgan fingerprint density at radius 3 is 2.30 bits per heavy atom. The Bertz CT molecular complexity index is 510. The van der Waals surface area contributed by atoms with Crippen molar-refractivity contribution < 1.29 is 13.2 Å². The van der Waals surface area contributed by atoms with Crippen LogP contribution in [-0.2, 0) is 21.2 Å². The highest BCUT2D eigenvalue weighted by Gasteiger charge is 2.26. The van der Waals surface area contributed by atoms with Crippen LogP contribution in [-0.4, -0.2) is 41.3 Å². The minimum absolute atomic E-state index is 0.273. The van der Waals surface area contributed by atoms with Crippen molar-refractivity contribution in [3.05, 3.63) is 29.8 Å². The molecule has 0 spiro atoms. The maximum Gasteiger partial charge on any atom is 0.241 e. The van der Waals surface area contributed by atoms with Gasteiger partial charge in [0.1, 0.15) is 0 Å². The van der Waals surface area contributed by atoms with Gasteiger partial charge in [-0.3, -0.25) is 0 Å². The van der Waals surface area contributed by atoms with Crippen LogP contribution in [0.3, 0.4) is 0 Å². The molecule has 20 heavy (non-hydrogen) atoms. The predicted octanol–water partition coefficient (Wildman–Crippen LogP) is 1.15. The molecule has 1 aromatic rings. The van der Waals surface area contributed by atoms with E-state index in [1.165, 1.54) is 0 Å². The van der Waals surface area contributed by atoms with Crippen molar-refractivity contribution in [1.82, 2.24) is 10.0 Å². The van der Waals surface area contributed by atoms with Crippen molar-refractivity contribution in [3.63, 3.8) is 0 Å². The normalized spacial score (nSPS) is 12.6. The van der Waals surface area contributed by atoms with Gasteiger partial charge in [0, 0.05) is 7.11 Å². The van der Waals surface area contributed by atoms with Crippen LogP contribution in [0.1, 0.15) is 19.4 Å². The highest BCUT2D eigenvalue weighted by Crippen LogP contribution is 2.14. The van der Waals surface area contributed by atoms with Gasteiger partial charge < -0.3 is 10.1 Å². The van der Waals surface area contributed by atoms with Crippen LogP contribution in [0.5, 0.6) is 0 Å². The molecule has 5 nitrogen and oxygen atoms in total. The molecule has 0 saturated carbocycles. The van der Waals surface area contributed by atoms with E-state index in [4.69, 9.17) is 4.74 Å². The van der Waals surface area contributed by atoms with E-state index in [9.17, 15) is 8.42 Å². The first-order valence-corrected chi connectivity index (χ1v) is 8.05. The summed E-state index contributed by atoms with van der Waals surface area (Å²) in [5.74, 6) is 0. The van der Waals surface area contributed by atoms with Crippen LogP contribution in [0.4, 0.5) is 0 Å². The Labute approximate surface area is 121 Å². The van der Waals surface area contributed by atoms with E-state index in [0.29, 0.717) is 6.61 Å². The molecule has 0 aliphatic rings. The van der Waals surface area contributed by atoms with Crippen LogP contribution in [0.25, 0.3) is 0 Å². The van der Waals surface area contributed by atoms with Gasteiger partial charge in [-0.2, -0.15) is 0 Å². The highest BCUT2D eigenvalue weighted by molar-refractivity contribution is 7.89. The molecule has 6 heteroatoms. The Balaban J connectivity index is 2.82. The lowest BCUT2D eigenvalue weighted by atomic mass is 10.1. The third-order valence-electron chi connectivity index (χ3n) is 2.81. The number of methoxy groups -OCH3 is 1. The molecule has 0 saturated heterocycles. The second-order valence-electron chi connectivity index (χ2n) is 5.42. The van der Waals surface area contributed by atoms with E-state index in [-0.39, 0.29) is 4.90 Å². The lowest BCUT2D eigenvalue weighted by molar-refractivity contribution is 0.141. The third-order valence-corrected chi connectivity index (χ3v) is 4.53. The number of likely N-dealkylation sites (N-methyl/N-ethyl adjacent to an activating group) is 1. The Morgan fingerprint density at radius 2 is 1.80 bits per heavy atom. The summed E-state index contributed by atoms with van der Waals surface area (Å²) in [7, 11) is -0.0853. The van der Waals surface area contributed by atoms with E-state index in [2.05, 4.69) is 10.0 Å². The summed E-state index contributed by atoms with van der Waals surface area (Å²) in [6, 6.07) is 6.96. The molecule has 0 bridgehead atoms. The maximum atomic E-state index is 12.3. The first-order chi connectivity index (χ1) is 9.30. The lowest BCUT2D eigenvalue weighted by Crippen LogP contribution is -2.46. The molecule has 0 amide bonds. The topological polar surface area (TPSA) is 67.4 Å². The van der Waals surface area contributed by atoms with Crippen molar-refractivity contribution in [2.24, 2.45) is 0 Å². The number of rotatable bonds is 8. The van der Waals surface area contributed by atoms with Gasteiger partial charge in [-0.1, -0.05) is 12.1 Å². The maximum absolute atomic E-state index is 12.3. The van der Waals surface area contributed by atoms with Gasteiger partial charge in [-0.05, 0) is 51.6 Å². The van der Waals surface area contributed by atoms with Crippen LogP contribution in [0.15, 0.2) is 29.2 Å². The molecule has 1 aromatic carbocycles. The average molecular weight is 300 g/mol. The number of nitrogens with one attached hydrogen (secondary N) is 2. The summed E-state index contributed by atoms with van der Waals surface area (Å²) in [4.78, 5) is 0.273. The zero-order chi connectivity index (χ0) is 15.2. The molecule has 0 aromatic heterocycles. The fourth-order valence-electron chi connectivity index (χ4n) is 1.92. The molecule has 1 rings (SSSR count). The molecule has 0 radical (unpaired) electrons. The fraction of sp³-hybridized carbons (Fsp3) is 0.571. The summed E-state index contributed by atoms with van der Waals surface area (Å²) >= 11 is 0. The molecule has 0 heterocycles. The van der Waals surface area contributed by atoms with Gasteiger partial charge in [0.15, 0.2) is 0 Å². The van der Waals surface area contributed by atoms with E-state index < -0.39 is 15.6 Å². The first-order valence-electron chi connectivity index (χ1n) is 6.57. The van der Waals surface area contributed by atoms with E-state index in [1.807, 2.05) is 19.2 Å². The largest absolute Gasteiger partial charge is 0.383 e. The molecule has 0 aliphatic heterocycles. The monoisotopic (exact) mass is 300 g/mol. The number of ether oxygens (including phenoxy) is 1. The van der Waals surface area contributed by atoms with Crippen molar-refractivity contribution >= 4 is 10.0 Å². The SMILES string of the molecule is CNCCc1ccc(S(=O)(=O)NC(C)(C)COC)cc1. The summed E-state index contributed by atoms with van der Waals surface area (Å²) in [6.07, 6.45) is 0.874. The van der Waals surface area contributed by atoms with Crippen molar-refractivity contribution in [3.8, 4) is 0 Å². The summed E-state index contributed by atoms with van der Waals surface area (Å²) in [5.41, 5.74) is 0.465. The second kappa shape index (κ2) is 7.17. The quantitative estimate of drug-likeness (QED) is 0.756. The van der Waals surface area contributed by atoms with E-state index in [0.717, 1.165) is 18.5 Å². The van der Waals surface area contributed by atoms with Gasteiger partial charge in [0.2, 0.25) is 10.0 Å². The molecule has 0 unspecified atom stereocenters. The molecule has 2 N–H and O–H groups in total. The molecule has 0 atom stereocenters. The van der Waals surface area contributed by atoms with Gasteiger partial charge in [0.25, 0.3) is 0 Å². The van der Waals surface area contributed by atoms with Crippen molar-refractivity contribution in [2.45, 2.75) is 30.7 Å². The van der Waals surface area contributed by atoms with Gasteiger partial charge >= 0.3 is 0 Å². The van der Waals surface area contributed by atoms with Crippen LogP contribution >= 0.6 is 0 Å². The molecule has 0 fully saturated rings. The van der Waals surface area contributed by atoms with Crippen molar-refractivity contribution in [1.29, 1.82) is 0 Å². The molecule has 0 aliphatic carbocycles. The predicted molar refractivity (Wildman–Crippen MR) is 80.3 cm³/mol. The number of hydrogen-bond acceptors (Lipinski definition) is 4. The lowest BCUT2D eigenvalue weighted by Gasteiger charge is -2.24. The standard InChI is InChI=1S/C14H24N2O3S/c1-14(2,11-19-4)16-20(17,18)13-7-5-12(6-8-13)9-10-15-3/h5-8,15-16H,9-11H2,1-4H3. The second-order valence-corrected chi connectivity index (χ2v) is 7.10. The Kier molecular flexibility index (Phi) is 6.13. The highest BCUT2D eigenvalue weighted by atomic mass is 32.2. The van der Waals surface area contributed by atoms with Crippen LogP contribution < -0.4 is 10.0 Å². The van der Waals surface area contributed by atoms with Crippen LogP contribution in [0.2, 0.25) is 0 Å². The zero-order valence-electron chi connectivity index (χ0n) is 12.6. The third kappa shape index (κ3) is 5.20. The first kappa shape index (κ1) is 17.1. The van der Waals surface area contributed by atoms with Gasteiger partial charge in [0.05, 0.1) is 17.0 Å². The number of hydrogen-bond donors (Lipinski definition) is 2. The number of benzene rings is 1. The van der Waals surface area contributed by atoms with Gasteiger partial charge in [-0.25, -0.2) is 13.1 Å². The van der Waals surface area contributed by atoms with Gasteiger partial charge in [-0.15, -0.1) is 0 Å². The smallest absolute Gasteiger partial charge is 0.241 e. The molecular formula is C14H24N2O3S. The zero-order valence-corrected chi connectivity index (χ0v) is 13.4. The van der Waals surface area contributed by atoms with Crippen LogP contribution in [0, 0.1) is 0 Å². The summed E-state index contributed by atoms with van der Waals surface area (Å²) in [5, 5.41) is 3.06. The Morgan fingerprint density at radius 1 is 1.20 bits per heavy atom. The minimum atomic E-state index is -3.52. The number of sulfonamides is 1. The van der Waals surface area contributed by atoms with E-state index >= 15 is 0 Å². The van der Waals surface area contributed by atoms with Crippen molar-refractivity contribution in [2.75, 3.05) is 27.3 Å². The minimum Gasteiger partial charge on any atom is -0.383 e.